The SMILES string of the molecule is CC(C)C1CCC(C(C)C)NC1.CC(C)C1CCCN(C(C)C)C1.CC(C)C1CCN(C(C)C)C1.CC(C)C1CCN(C(C)C)CC1.CC(C)C1CNCC(C(C)C)C1.CC(C)N1CCN(C(C)C)CC1. The highest BCUT2D eigenvalue weighted by atomic mass is 15.3. The Kier molecular flexibility index (Phi) is 35.5. The second-order valence-electron chi connectivity index (χ2n) is 27.8. The summed E-state index contributed by atoms with van der Waals surface area (Å²) < 4.78 is 0. The van der Waals surface area contributed by atoms with E-state index in [9.17, 15) is 0 Å². The van der Waals surface area contributed by atoms with Crippen LogP contribution in [0.25, 0.3) is 0 Å². The lowest BCUT2D eigenvalue weighted by Gasteiger charge is -2.38. The molecule has 0 amide bonds. The summed E-state index contributed by atoms with van der Waals surface area (Å²) in [6.45, 7) is 72.3. The molecule has 6 atom stereocenters. The molecule has 0 aliphatic carbocycles. The van der Waals surface area contributed by atoms with Crippen molar-refractivity contribution in [3.63, 3.8) is 0 Å². The van der Waals surface area contributed by atoms with Crippen molar-refractivity contribution in [2.45, 2.75) is 254 Å². The molecule has 0 radical (unpaired) electrons. The molecular weight excluding hydrogens is 867 g/mol. The van der Waals surface area contributed by atoms with Crippen LogP contribution < -0.4 is 10.6 Å². The highest BCUT2D eigenvalue weighted by Crippen LogP contribution is 2.29. The molecule has 0 aromatic heterocycles. The van der Waals surface area contributed by atoms with Gasteiger partial charge in [-0.25, -0.2) is 0 Å². The Balaban J connectivity index is 0.000000426. The van der Waals surface area contributed by atoms with Crippen molar-refractivity contribution in [1.82, 2.24) is 35.1 Å². The van der Waals surface area contributed by atoms with Gasteiger partial charge in [0.2, 0.25) is 0 Å². The maximum absolute atomic E-state index is 3.65. The van der Waals surface area contributed by atoms with Gasteiger partial charge < -0.3 is 25.3 Å². The number of hydrogen-bond donors (Lipinski definition) is 2. The Morgan fingerprint density at radius 1 is 0.282 bits per heavy atom. The van der Waals surface area contributed by atoms with E-state index in [2.05, 4.69) is 201 Å². The van der Waals surface area contributed by atoms with E-state index in [-0.39, 0.29) is 0 Å². The Labute approximate surface area is 449 Å². The number of likely N-dealkylation sites (tertiary alicyclic amines) is 3. The van der Waals surface area contributed by atoms with E-state index in [1.807, 2.05) is 0 Å². The van der Waals surface area contributed by atoms with E-state index in [0.29, 0.717) is 0 Å². The lowest BCUT2D eigenvalue weighted by molar-refractivity contribution is 0.0887. The van der Waals surface area contributed by atoms with Crippen LogP contribution >= 0.6 is 0 Å². The monoisotopic (exact) mass is 1000 g/mol. The van der Waals surface area contributed by atoms with Gasteiger partial charge in [0, 0.05) is 75.5 Å². The predicted octanol–water partition coefficient (Wildman–Crippen LogP) is 14.5. The Bertz CT molecular complexity index is 1040. The first-order chi connectivity index (χ1) is 33.2. The average Bonchev–Trinajstić information content (AvgIpc) is 3.85. The lowest BCUT2D eigenvalue weighted by atomic mass is 9.79. The first-order valence-electron chi connectivity index (χ1n) is 31.3. The zero-order chi connectivity index (χ0) is 54.1. The molecule has 6 aliphatic rings. The highest BCUT2D eigenvalue weighted by molar-refractivity contribution is 4.83. The molecule has 6 rings (SSSR count). The molecule has 6 heterocycles. The summed E-state index contributed by atoms with van der Waals surface area (Å²) in [7, 11) is 0. The minimum atomic E-state index is 0.722. The van der Waals surface area contributed by atoms with Crippen LogP contribution in [0.2, 0.25) is 0 Å². The van der Waals surface area contributed by atoms with Gasteiger partial charge in [0.05, 0.1) is 0 Å². The van der Waals surface area contributed by atoms with Crippen molar-refractivity contribution in [2.75, 3.05) is 85.1 Å². The molecule has 0 bridgehead atoms. The lowest BCUT2D eigenvalue weighted by Crippen LogP contribution is -2.50. The molecule has 6 fully saturated rings. The molecule has 6 aliphatic heterocycles. The number of piperazine rings is 1. The van der Waals surface area contributed by atoms with Crippen molar-refractivity contribution < 1.29 is 0 Å². The van der Waals surface area contributed by atoms with Crippen LogP contribution in [0.5, 0.6) is 0 Å². The van der Waals surface area contributed by atoms with E-state index in [1.54, 1.807) is 0 Å². The molecule has 426 valence electrons. The molecule has 0 aromatic rings. The fourth-order valence-corrected chi connectivity index (χ4v) is 11.8. The van der Waals surface area contributed by atoms with Crippen molar-refractivity contribution in [3.8, 4) is 0 Å². The van der Waals surface area contributed by atoms with Crippen molar-refractivity contribution in [1.29, 1.82) is 0 Å². The van der Waals surface area contributed by atoms with E-state index >= 15 is 0 Å². The number of piperidine rings is 4. The van der Waals surface area contributed by atoms with Gasteiger partial charge in [-0.1, -0.05) is 96.9 Å². The minimum Gasteiger partial charge on any atom is -0.316 e. The number of nitrogens with zero attached hydrogens (tertiary/aromatic N) is 5. The standard InChI is InChI=1S/4C11H23N.C10H22N2.C10H21N/c1-8(2)10-5-11(9(3)4)7-12-6-10;1-9(2)11-5-7-12(8-6-11)10(3)4;1-8(2)10-5-6-11(9(3)4)12-7-10;1-9(2)11-6-5-7-12(8-11)10(3)4;1-9(2)11-5-7-12(8-6-11)10(3)4;1-8(2)10-5-6-11(7-10)9(3)4/h8-12H,5-7H2,1-4H3;9-11H,5-8H2,1-4H3;8-12H,5-7H2,1-4H3;9-11H,5-8H2,1-4H3;9-10H,5-8H2,1-4H3;8-10H,5-7H2,1-4H3. The van der Waals surface area contributed by atoms with Gasteiger partial charge in [-0.15, -0.1) is 0 Å². The van der Waals surface area contributed by atoms with Gasteiger partial charge in [0.25, 0.3) is 0 Å². The van der Waals surface area contributed by atoms with Crippen LogP contribution in [-0.2, 0) is 0 Å². The third-order valence-electron chi connectivity index (χ3n) is 18.7. The fraction of sp³-hybridized carbons (Fsp3) is 1.00. The van der Waals surface area contributed by atoms with E-state index in [4.69, 9.17) is 0 Å². The topological polar surface area (TPSA) is 40.3 Å². The Morgan fingerprint density at radius 2 is 0.620 bits per heavy atom. The summed E-state index contributed by atoms with van der Waals surface area (Å²) in [6, 6.07) is 4.46. The first kappa shape index (κ1) is 68.7. The molecule has 6 unspecified atom stereocenters. The zero-order valence-corrected chi connectivity index (χ0v) is 53.1. The molecule has 0 saturated carbocycles. The molecule has 2 N–H and O–H groups in total. The number of rotatable bonds is 12. The van der Waals surface area contributed by atoms with Crippen LogP contribution in [0, 0.1) is 76.9 Å². The Hall–Kier alpha value is -0.280. The number of nitrogens with one attached hydrogen (secondary N) is 2. The second-order valence-corrected chi connectivity index (χ2v) is 27.8. The van der Waals surface area contributed by atoms with Crippen LogP contribution in [0.1, 0.15) is 218 Å². The van der Waals surface area contributed by atoms with Gasteiger partial charge >= 0.3 is 0 Å². The van der Waals surface area contributed by atoms with E-state index in [1.165, 1.54) is 136 Å². The van der Waals surface area contributed by atoms with Gasteiger partial charge in [0.1, 0.15) is 0 Å². The van der Waals surface area contributed by atoms with Gasteiger partial charge in [-0.05, 0) is 243 Å². The highest BCUT2D eigenvalue weighted by Gasteiger charge is 2.28. The van der Waals surface area contributed by atoms with E-state index in [0.717, 1.165) is 113 Å². The number of hydrogen-bond acceptors (Lipinski definition) is 7. The molecule has 0 aromatic carbocycles. The first-order valence-corrected chi connectivity index (χ1v) is 31.3. The summed E-state index contributed by atoms with van der Waals surface area (Å²) in [4.78, 5) is 12.9. The summed E-state index contributed by atoms with van der Waals surface area (Å²) in [5.41, 5.74) is 0. The van der Waals surface area contributed by atoms with Gasteiger partial charge in [0.15, 0.2) is 0 Å². The van der Waals surface area contributed by atoms with Crippen molar-refractivity contribution in [3.05, 3.63) is 0 Å². The smallest absolute Gasteiger partial charge is 0.0113 e. The summed E-state index contributed by atoms with van der Waals surface area (Å²) in [6.07, 6.45) is 11.3. The largest absolute Gasteiger partial charge is 0.316 e. The van der Waals surface area contributed by atoms with E-state index < -0.39 is 0 Å². The Morgan fingerprint density at radius 3 is 0.930 bits per heavy atom. The quantitative estimate of drug-likeness (QED) is 0.202. The predicted molar refractivity (Wildman–Crippen MR) is 320 cm³/mol. The van der Waals surface area contributed by atoms with Gasteiger partial charge in [-0.3, -0.25) is 9.80 Å². The van der Waals surface area contributed by atoms with Crippen molar-refractivity contribution >= 4 is 0 Å². The summed E-state index contributed by atoms with van der Waals surface area (Å²) in [5, 5.41) is 7.20. The molecule has 7 nitrogen and oxygen atoms in total. The zero-order valence-electron chi connectivity index (χ0n) is 53.1. The maximum Gasteiger partial charge on any atom is 0.0113 e. The van der Waals surface area contributed by atoms with Crippen LogP contribution in [0.3, 0.4) is 0 Å². The third-order valence-corrected chi connectivity index (χ3v) is 18.7. The average molecular weight is 1000 g/mol. The molecular formula is C64H135N7. The molecule has 71 heavy (non-hydrogen) atoms. The molecule has 7 heteroatoms. The van der Waals surface area contributed by atoms with Crippen LogP contribution in [0.4, 0.5) is 0 Å². The minimum absolute atomic E-state index is 0.722. The second kappa shape index (κ2) is 36.7. The van der Waals surface area contributed by atoms with Gasteiger partial charge in [-0.2, -0.15) is 0 Å². The third kappa shape index (κ3) is 28.1. The summed E-state index contributed by atoms with van der Waals surface area (Å²) in [5.74, 6) is 11.6. The van der Waals surface area contributed by atoms with Crippen molar-refractivity contribution in [2.24, 2.45) is 76.9 Å². The van der Waals surface area contributed by atoms with Crippen LogP contribution in [0.15, 0.2) is 0 Å². The maximum atomic E-state index is 3.65. The normalized spacial score (nSPS) is 27.0. The molecule has 0 spiro atoms. The molecule has 6 saturated heterocycles. The summed E-state index contributed by atoms with van der Waals surface area (Å²) >= 11 is 0. The fourth-order valence-electron chi connectivity index (χ4n) is 11.8. The van der Waals surface area contributed by atoms with Crippen LogP contribution in [-0.4, -0.2) is 146 Å².